The molecule has 270 valence electrons. The number of rotatable bonds is 4. The Labute approximate surface area is 341 Å². The van der Waals surface area contributed by atoms with Gasteiger partial charge in [0.1, 0.15) is 0 Å². The van der Waals surface area contributed by atoms with E-state index in [-0.39, 0.29) is 0 Å². The second kappa shape index (κ2) is 12.3. The molecule has 0 unspecified atom stereocenters. The molecule has 58 heavy (non-hydrogen) atoms. The van der Waals surface area contributed by atoms with Gasteiger partial charge < -0.3 is 9.13 Å². The fraction of sp³-hybridized carbons (Fsp3) is 0. The molecule has 13 rings (SSSR count). The minimum absolute atomic E-state index is 1.17. The number of hydrogen-bond donors (Lipinski definition) is 0. The van der Waals surface area contributed by atoms with Crippen LogP contribution in [-0.4, -0.2) is 9.13 Å². The zero-order valence-corrected chi connectivity index (χ0v) is 32.8. The predicted molar refractivity (Wildman–Crippen MR) is 252 cm³/mol. The summed E-state index contributed by atoms with van der Waals surface area (Å²) in [5.41, 5.74) is 12.2. The maximum absolute atomic E-state index is 2.49. The van der Waals surface area contributed by atoms with Gasteiger partial charge in [-0.15, -0.1) is 22.7 Å². The van der Waals surface area contributed by atoms with Gasteiger partial charge in [0.25, 0.3) is 0 Å². The van der Waals surface area contributed by atoms with Crippen LogP contribution in [0.15, 0.2) is 194 Å². The van der Waals surface area contributed by atoms with E-state index in [1.165, 1.54) is 118 Å². The fourth-order valence-electron chi connectivity index (χ4n) is 9.49. The van der Waals surface area contributed by atoms with Gasteiger partial charge in [-0.1, -0.05) is 109 Å². The summed E-state index contributed by atoms with van der Waals surface area (Å²) < 4.78 is 10.2. The van der Waals surface area contributed by atoms with Gasteiger partial charge in [-0.25, -0.2) is 0 Å². The summed E-state index contributed by atoms with van der Waals surface area (Å²) in [6.07, 6.45) is 0. The average molecular weight is 773 g/mol. The second-order valence-electron chi connectivity index (χ2n) is 15.3. The van der Waals surface area contributed by atoms with Crippen LogP contribution in [0.4, 0.5) is 0 Å². The van der Waals surface area contributed by atoms with E-state index in [1.54, 1.807) is 0 Å². The Kier molecular flexibility index (Phi) is 6.79. The Morgan fingerprint density at radius 3 is 1.43 bits per heavy atom. The molecule has 0 N–H and O–H groups in total. The summed E-state index contributed by atoms with van der Waals surface area (Å²) in [5, 5.41) is 10.3. The lowest BCUT2D eigenvalue weighted by atomic mass is 9.99. The SMILES string of the molecule is c1ccc(-n2c3ccccc3c3cc(-c4ccc5c(c4)c4ccccc4n5-c4cc(-c5ccc6sc7ccccc7c6c5)c5sc6ccccc6c5c4)ccc32)cc1. The van der Waals surface area contributed by atoms with E-state index in [2.05, 4.69) is 203 Å². The molecule has 0 amide bonds. The Morgan fingerprint density at radius 2 is 0.759 bits per heavy atom. The van der Waals surface area contributed by atoms with E-state index in [1.807, 2.05) is 22.7 Å². The van der Waals surface area contributed by atoms with Crippen LogP contribution in [0.25, 0.3) is 118 Å². The fourth-order valence-corrected chi connectivity index (χ4v) is 11.8. The molecule has 9 aromatic carbocycles. The third kappa shape index (κ3) is 4.64. The summed E-state index contributed by atoms with van der Waals surface area (Å²) >= 11 is 3.77. The molecule has 0 bridgehead atoms. The van der Waals surface area contributed by atoms with Gasteiger partial charge in [0.05, 0.1) is 22.1 Å². The Morgan fingerprint density at radius 1 is 0.276 bits per heavy atom. The highest BCUT2D eigenvalue weighted by molar-refractivity contribution is 7.26. The largest absolute Gasteiger partial charge is 0.309 e. The van der Waals surface area contributed by atoms with Crippen LogP contribution in [-0.2, 0) is 0 Å². The highest BCUT2D eigenvalue weighted by Crippen LogP contribution is 2.45. The smallest absolute Gasteiger partial charge is 0.0541 e. The minimum atomic E-state index is 1.17. The standard InChI is InChI=1S/C54H32N2S2/c1-2-12-36(13-3-1)55-47-18-8-4-14-38(47)43-28-33(22-25-49(43)55)34-23-26-50-44(29-34)39-15-5-9-19-48(39)56(50)37-31-42(54-46(32-37)41-17-7-11-21-52(41)58-54)35-24-27-53-45(30-35)40-16-6-10-20-51(40)57-53/h1-32H. The van der Waals surface area contributed by atoms with E-state index in [9.17, 15) is 0 Å². The van der Waals surface area contributed by atoms with Gasteiger partial charge in [0.2, 0.25) is 0 Å². The van der Waals surface area contributed by atoms with Crippen molar-refractivity contribution in [2.45, 2.75) is 0 Å². The first kappa shape index (κ1) is 32.1. The van der Waals surface area contributed by atoms with Crippen molar-refractivity contribution in [2.24, 2.45) is 0 Å². The third-order valence-electron chi connectivity index (χ3n) is 12.1. The Balaban J connectivity index is 1.03. The van der Waals surface area contributed by atoms with E-state index in [0.29, 0.717) is 0 Å². The second-order valence-corrected chi connectivity index (χ2v) is 17.4. The first-order valence-electron chi connectivity index (χ1n) is 19.7. The van der Waals surface area contributed by atoms with Gasteiger partial charge in [0, 0.05) is 78.8 Å². The number of nitrogens with zero attached hydrogens (tertiary/aromatic N) is 2. The molecule has 13 aromatic rings. The van der Waals surface area contributed by atoms with Crippen LogP contribution in [0, 0.1) is 0 Å². The summed E-state index contributed by atoms with van der Waals surface area (Å²) in [7, 11) is 0. The van der Waals surface area contributed by atoms with Crippen molar-refractivity contribution in [1.29, 1.82) is 0 Å². The molecule has 4 heteroatoms. The lowest BCUT2D eigenvalue weighted by molar-refractivity contribution is 1.18. The van der Waals surface area contributed by atoms with Gasteiger partial charge in [-0.3, -0.25) is 0 Å². The van der Waals surface area contributed by atoms with Crippen LogP contribution >= 0.6 is 22.7 Å². The van der Waals surface area contributed by atoms with Crippen molar-refractivity contribution in [1.82, 2.24) is 9.13 Å². The molecule has 4 aromatic heterocycles. The Hall–Kier alpha value is -6.98. The van der Waals surface area contributed by atoms with Crippen LogP contribution in [0.3, 0.4) is 0 Å². The molecule has 4 heterocycles. The quantitative estimate of drug-likeness (QED) is 0.169. The summed E-state index contributed by atoms with van der Waals surface area (Å²) in [4.78, 5) is 0. The molecule has 0 aliphatic carbocycles. The molecule has 2 nitrogen and oxygen atoms in total. The van der Waals surface area contributed by atoms with Crippen molar-refractivity contribution < 1.29 is 0 Å². The molecule has 0 aliphatic rings. The summed E-state index contributed by atoms with van der Waals surface area (Å²) in [6.45, 7) is 0. The highest BCUT2D eigenvalue weighted by atomic mass is 32.1. The summed E-state index contributed by atoms with van der Waals surface area (Å²) in [6, 6.07) is 71.9. The van der Waals surface area contributed by atoms with Crippen LogP contribution in [0.5, 0.6) is 0 Å². The summed E-state index contributed by atoms with van der Waals surface area (Å²) in [5.74, 6) is 0. The lowest BCUT2D eigenvalue weighted by Crippen LogP contribution is -1.95. The highest BCUT2D eigenvalue weighted by Gasteiger charge is 2.19. The maximum Gasteiger partial charge on any atom is 0.0541 e. The minimum Gasteiger partial charge on any atom is -0.309 e. The number of aromatic nitrogens is 2. The molecule has 0 saturated carbocycles. The topological polar surface area (TPSA) is 9.86 Å². The van der Waals surface area contributed by atoms with Crippen molar-refractivity contribution in [3.8, 4) is 33.6 Å². The van der Waals surface area contributed by atoms with Crippen LogP contribution in [0.1, 0.15) is 0 Å². The van der Waals surface area contributed by atoms with Crippen LogP contribution < -0.4 is 0 Å². The van der Waals surface area contributed by atoms with E-state index < -0.39 is 0 Å². The first-order chi connectivity index (χ1) is 28.7. The van der Waals surface area contributed by atoms with Crippen molar-refractivity contribution in [2.75, 3.05) is 0 Å². The molecule has 0 saturated heterocycles. The van der Waals surface area contributed by atoms with Crippen LogP contribution in [0.2, 0.25) is 0 Å². The Bertz CT molecular complexity index is 3800. The van der Waals surface area contributed by atoms with E-state index >= 15 is 0 Å². The zero-order valence-electron chi connectivity index (χ0n) is 31.2. The van der Waals surface area contributed by atoms with Gasteiger partial charge in [-0.05, 0) is 102 Å². The van der Waals surface area contributed by atoms with Crippen molar-refractivity contribution in [3.63, 3.8) is 0 Å². The molecular formula is C54H32N2S2. The molecule has 0 spiro atoms. The number of para-hydroxylation sites is 3. The number of benzene rings is 9. The van der Waals surface area contributed by atoms with Gasteiger partial charge in [-0.2, -0.15) is 0 Å². The monoisotopic (exact) mass is 772 g/mol. The normalized spacial score (nSPS) is 12.1. The number of hydrogen-bond acceptors (Lipinski definition) is 2. The molecular weight excluding hydrogens is 741 g/mol. The predicted octanol–water partition coefficient (Wildman–Crippen LogP) is 16.0. The van der Waals surface area contributed by atoms with Crippen molar-refractivity contribution >= 4 is 107 Å². The number of thiophene rings is 2. The van der Waals surface area contributed by atoms with Gasteiger partial charge in [0.15, 0.2) is 0 Å². The molecule has 0 fully saturated rings. The lowest BCUT2D eigenvalue weighted by Gasteiger charge is -2.13. The molecule has 0 radical (unpaired) electrons. The zero-order chi connectivity index (χ0) is 37.9. The average Bonchev–Trinajstić information content (AvgIpc) is 4.03. The first-order valence-corrected chi connectivity index (χ1v) is 21.4. The van der Waals surface area contributed by atoms with Gasteiger partial charge >= 0.3 is 0 Å². The van der Waals surface area contributed by atoms with E-state index in [0.717, 1.165) is 0 Å². The molecule has 0 atom stereocenters. The van der Waals surface area contributed by atoms with Crippen molar-refractivity contribution in [3.05, 3.63) is 194 Å². The van der Waals surface area contributed by atoms with E-state index in [4.69, 9.17) is 0 Å². The maximum atomic E-state index is 2.49. The number of fused-ring (bicyclic) bond motifs is 12. The third-order valence-corrected chi connectivity index (χ3v) is 14.5. The molecule has 0 aliphatic heterocycles.